The fourth-order valence-electron chi connectivity index (χ4n) is 3.02. The van der Waals surface area contributed by atoms with Crippen LogP contribution in [0.1, 0.15) is 33.1 Å². The summed E-state index contributed by atoms with van der Waals surface area (Å²) >= 11 is 2.04. The Labute approximate surface area is 121 Å². The van der Waals surface area contributed by atoms with E-state index < -0.39 is 0 Å². The second kappa shape index (κ2) is 7.50. The maximum atomic E-state index is 12.3. The van der Waals surface area contributed by atoms with Crippen molar-refractivity contribution in [1.82, 2.24) is 15.5 Å². The Kier molecular flexibility index (Phi) is 5.98. The number of hydrogen-bond donors (Lipinski definition) is 2. The van der Waals surface area contributed by atoms with E-state index in [1.807, 2.05) is 18.7 Å². The number of nitrogens with zero attached hydrogens (tertiary/aromatic N) is 1. The van der Waals surface area contributed by atoms with Crippen molar-refractivity contribution in [2.24, 2.45) is 0 Å². The number of hydrogen-bond acceptors (Lipinski definition) is 4. The Bertz CT molecular complexity index is 294. The van der Waals surface area contributed by atoms with Gasteiger partial charge in [-0.05, 0) is 31.9 Å². The minimum atomic E-state index is 0.0139. The molecule has 5 heteroatoms. The molecule has 0 spiro atoms. The van der Waals surface area contributed by atoms with Crippen LogP contribution in [0, 0.1) is 0 Å². The molecule has 2 rings (SSSR count). The number of nitrogens with one attached hydrogen (secondary N) is 2. The van der Waals surface area contributed by atoms with Gasteiger partial charge in [-0.3, -0.25) is 9.69 Å². The van der Waals surface area contributed by atoms with Crippen molar-refractivity contribution in [2.75, 3.05) is 31.9 Å². The molecule has 1 amide bonds. The standard InChI is InChI=1S/C14H27N3OS/c1-3-19-13-5-4-12(10-13)16-14(18)11(2)17-8-6-15-7-9-17/h11-13,15H,3-10H2,1-2H3,(H,16,18). The lowest BCUT2D eigenvalue weighted by molar-refractivity contribution is -0.126. The van der Waals surface area contributed by atoms with Crippen molar-refractivity contribution in [1.29, 1.82) is 0 Å². The third kappa shape index (κ3) is 4.36. The second-order valence-electron chi connectivity index (χ2n) is 5.56. The molecule has 3 atom stereocenters. The first kappa shape index (κ1) is 15.1. The number of carbonyl (C=O) groups excluding carboxylic acids is 1. The lowest BCUT2D eigenvalue weighted by Crippen LogP contribution is -2.53. The van der Waals surface area contributed by atoms with E-state index in [0.29, 0.717) is 6.04 Å². The van der Waals surface area contributed by atoms with E-state index in [4.69, 9.17) is 0 Å². The summed E-state index contributed by atoms with van der Waals surface area (Å²) in [5.41, 5.74) is 0. The van der Waals surface area contributed by atoms with Crippen molar-refractivity contribution in [3.63, 3.8) is 0 Å². The maximum Gasteiger partial charge on any atom is 0.237 e. The number of amides is 1. The van der Waals surface area contributed by atoms with Crippen LogP contribution in [0.5, 0.6) is 0 Å². The number of thioether (sulfide) groups is 1. The Hall–Kier alpha value is -0.260. The van der Waals surface area contributed by atoms with Crippen LogP contribution in [0.2, 0.25) is 0 Å². The summed E-state index contributed by atoms with van der Waals surface area (Å²) in [6.07, 6.45) is 3.56. The zero-order valence-corrected chi connectivity index (χ0v) is 13.0. The highest BCUT2D eigenvalue weighted by Gasteiger charge is 2.29. The van der Waals surface area contributed by atoms with Crippen molar-refractivity contribution in [3.05, 3.63) is 0 Å². The van der Waals surface area contributed by atoms with E-state index in [9.17, 15) is 4.79 Å². The van der Waals surface area contributed by atoms with Gasteiger partial charge in [-0.15, -0.1) is 0 Å². The topological polar surface area (TPSA) is 44.4 Å². The molecule has 4 nitrogen and oxygen atoms in total. The van der Waals surface area contributed by atoms with Gasteiger partial charge in [0.1, 0.15) is 0 Å². The average Bonchev–Trinajstić information content (AvgIpc) is 2.86. The Morgan fingerprint density at radius 1 is 1.42 bits per heavy atom. The molecule has 0 aromatic carbocycles. The first-order chi connectivity index (χ1) is 9.20. The molecule has 1 aliphatic heterocycles. The Morgan fingerprint density at radius 3 is 2.84 bits per heavy atom. The number of piperazine rings is 1. The summed E-state index contributed by atoms with van der Waals surface area (Å²) in [5.74, 6) is 1.40. The van der Waals surface area contributed by atoms with Gasteiger partial charge in [0.25, 0.3) is 0 Å². The third-order valence-electron chi connectivity index (χ3n) is 4.21. The summed E-state index contributed by atoms with van der Waals surface area (Å²) in [6, 6.07) is 0.418. The van der Waals surface area contributed by atoms with E-state index in [-0.39, 0.29) is 11.9 Å². The molecular weight excluding hydrogens is 258 g/mol. The van der Waals surface area contributed by atoms with E-state index in [2.05, 4.69) is 22.5 Å². The summed E-state index contributed by atoms with van der Waals surface area (Å²) < 4.78 is 0. The van der Waals surface area contributed by atoms with Crippen LogP contribution >= 0.6 is 11.8 Å². The lowest BCUT2D eigenvalue weighted by Gasteiger charge is -2.32. The van der Waals surface area contributed by atoms with Gasteiger partial charge >= 0.3 is 0 Å². The van der Waals surface area contributed by atoms with Crippen LogP contribution in [0.3, 0.4) is 0 Å². The zero-order valence-electron chi connectivity index (χ0n) is 12.2. The highest BCUT2D eigenvalue weighted by molar-refractivity contribution is 7.99. The van der Waals surface area contributed by atoms with Crippen molar-refractivity contribution in [2.45, 2.75) is 50.4 Å². The molecule has 0 radical (unpaired) electrons. The molecule has 3 unspecified atom stereocenters. The predicted octanol–water partition coefficient (Wildman–Crippen LogP) is 1.07. The van der Waals surface area contributed by atoms with Gasteiger partial charge in [0.05, 0.1) is 6.04 Å². The molecule has 0 aromatic rings. The van der Waals surface area contributed by atoms with E-state index >= 15 is 0 Å². The molecule has 2 aliphatic rings. The monoisotopic (exact) mass is 285 g/mol. The van der Waals surface area contributed by atoms with E-state index in [1.54, 1.807) is 0 Å². The maximum absolute atomic E-state index is 12.3. The van der Waals surface area contributed by atoms with Crippen LogP contribution in [-0.4, -0.2) is 60.1 Å². The quantitative estimate of drug-likeness (QED) is 0.793. The van der Waals surface area contributed by atoms with Crippen LogP contribution in [0.15, 0.2) is 0 Å². The number of carbonyl (C=O) groups is 1. The van der Waals surface area contributed by atoms with E-state index in [1.165, 1.54) is 12.2 Å². The third-order valence-corrected chi connectivity index (χ3v) is 5.44. The number of rotatable bonds is 5. The van der Waals surface area contributed by atoms with Gasteiger partial charge in [0, 0.05) is 37.5 Å². The first-order valence-electron chi connectivity index (χ1n) is 7.57. The van der Waals surface area contributed by atoms with Gasteiger partial charge in [-0.2, -0.15) is 11.8 Å². The van der Waals surface area contributed by atoms with Crippen molar-refractivity contribution in [3.8, 4) is 0 Å². The van der Waals surface area contributed by atoms with Gasteiger partial charge in [0.15, 0.2) is 0 Å². The van der Waals surface area contributed by atoms with Gasteiger partial charge in [-0.25, -0.2) is 0 Å². The molecule has 19 heavy (non-hydrogen) atoms. The largest absolute Gasteiger partial charge is 0.352 e. The normalized spacial score (nSPS) is 30.2. The Balaban J connectivity index is 1.74. The fourth-order valence-corrected chi connectivity index (χ4v) is 4.16. The minimum absolute atomic E-state index is 0.0139. The van der Waals surface area contributed by atoms with Gasteiger partial charge in [0.2, 0.25) is 5.91 Å². The summed E-state index contributed by atoms with van der Waals surface area (Å²) in [4.78, 5) is 14.6. The average molecular weight is 285 g/mol. The zero-order chi connectivity index (χ0) is 13.7. The first-order valence-corrected chi connectivity index (χ1v) is 8.62. The van der Waals surface area contributed by atoms with Gasteiger partial charge in [-0.1, -0.05) is 6.92 Å². The summed E-state index contributed by atoms with van der Waals surface area (Å²) in [5, 5.41) is 7.33. The fraction of sp³-hybridized carbons (Fsp3) is 0.929. The lowest BCUT2D eigenvalue weighted by atomic mass is 10.2. The molecule has 0 aromatic heterocycles. The SMILES string of the molecule is CCSC1CCC(NC(=O)C(C)N2CCNCC2)C1. The second-order valence-corrected chi connectivity index (χ2v) is 7.14. The molecular formula is C14H27N3OS. The summed E-state index contributed by atoms with van der Waals surface area (Å²) in [7, 11) is 0. The molecule has 2 N–H and O–H groups in total. The Morgan fingerprint density at radius 2 is 2.16 bits per heavy atom. The van der Waals surface area contributed by atoms with Crippen molar-refractivity contribution >= 4 is 17.7 Å². The van der Waals surface area contributed by atoms with Gasteiger partial charge < -0.3 is 10.6 Å². The van der Waals surface area contributed by atoms with Crippen molar-refractivity contribution < 1.29 is 4.79 Å². The van der Waals surface area contributed by atoms with Crippen LogP contribution < -0.4 is 10.6 Å². The van der Waals surface area contributed by atoms with E-state index in [0.717, 1.165) is 44.3 Å². The molecule has 2 fully saturated rings. The summed E-state index contributed by atoms with van der Waals surface area (Å²) in [6.45, 7) is 8.20. The minimum Gasteiger partial charge on any atom is -0.352 e. The van der Waals surface area contributed by atoms with Crippen LogP contribution in [-0.2, 0) is 4.79 Å². The smallest absolute Gasteiger partial charge is 0.237 e. The molecule has 110 valence electrons. The van der Waals surface area contributed by atoms with Crippen LogP contribution in [0.4, 0.5) is 0 Å². The highest BCUT2D eigenvalue weighted by Crippen LogP contribution is 2.29. The van der Waals surface area contributed by atoms with Crippen LogP contribution in [0.25, 0.3) is 0 Å². The molecule has 0 bridgehead atoms. The molecule has 1 heterocycles. The molecule has 1 aliphatic carbocycles. The predicted molar refractivity (Wildman–Crippen MR) is 81.6 cm³/mol. The molecule has 1 saturated carbocycles. The molecule has 1 saturated heterocycles. The highest BCUT2D eigenvalue weighted by atomic mass is 32.2.